The molecule has 2 aromatic carbocycles. The summed E-state index contributed by atoms with van der Waals surface area (Å²) in [5.74, 6) is -2.68. The lowest BCUT2D eigenvalue weighted by Gasteiger charge is -2.29. The molecule has 158 valence electrons. The van der Waals surface area contributed by atoms with Crippen LogP contribution in [0.3, 0.4) is 0 Å². The molecule has 1 heterocycles. The molecule has 1 aliphatic heterocycles. The molecule has 0 radical (unpaired) electrons. The molecule has 1 saturated heterocycles. The van der Waals surface area contributed by atoms with Crippen LogP contribution in [0.15, 0.2) is 30.3 Å². The summed E-state index contributed by atoms with van der Waals surface area (Å²) >= 11 is 0. The molecule has 0 aliphatic carbocycles. The van der Waals surface area contributed by atoms with Crippen molar-refractivity contribution in [2.45, 2.75) is 64.6 Å². The second-order valence-electron chi connectivity index (χ2n) is 7.59. The van der Waals surface area contributed by atoms with Gasteiger partial charge in [0.1, 0.15) is 5.82 Å². The summed E-state index contributed by atoms with van der Waals surface area (Å²) in [6, 6.07) is 7.79. The maximum Gasteiger partial charge on any atom is 0.167 e. The Hall–Kier alpha value is -1.85. The number of rotatable bonds is 8. The van der Waals surface area contributed by atoms with Crippen LogP contribution in [0.5, 0.6) is 0 Å². The summed E-state index contributed by atoms with van der Waals surface area (Å²) in [6.45, 7) is 4.83. The van der Waals surface area contributed by atoms with Crippen LogP contribution in [0.2, 0.25) is 0 Å². The van der Waals surface area contributed by atoms with Crippen LogP contribution < -0.4 is 0 Å². The molecule has 2 nitrogen and oxygen atoms in total. The van der Waals surface area contributed by atoms with Crippen molar-refractivity contribution in [3.63, 3.8) is 0 Å². The molecule has 0 saturated carbocycles. The molecule has 0 spiro atoms. The molecule has 3 rings (SSSR count). The largest absolute Gasteiger partial charge is 0.353 e. The fourth-order valence-corrected chi connectivity index (χ4v) is 3.89. The third-order valence-corrected chi connectivity index (χ3v) is 5.53. The monoisotopic (exact) mass is 406 g/mol. The Balaban J connectivity index is 1.77. The van der Waals surface area contributed by atoms with Gasteiger partial charge >= 0.3 is 0 Å². The number of unbranched alkanes of at least 4 members (excludes halogenated alkanes) is 2. The average Bonchev–Trinajstić information content (AvgIpc) is 2.72. The first-order valence-corrected chi connectivity index (χ1v) is 10.5. The van der Waals surface area contributed by atoms with E-state index in [1.165, 1.54) is 12.1 Å². The third kappa shape index (κ3) is 5.20. The number of hydrogen-bond donors (Lipinski definition) is 0. The van der Waals surface area contributed by atoms with Crippen molar-refractivity contribution in [2.75, 3.05) is 13.2 Å². The second kappa shape index (κ2) is 10.3. The van der Waals surface area contributed by atoms with Gasteiger partial charge in [-0.3, -0.25) is 0 Å². The van der Waals surface area contributed by atoms with Crippen LogP contribution >= 0.6 is 0 Å². The van der Waals surface area contributed by atoms with Crippen molar-refractivity contribution in [2.24, 2.45) is 0 Å². The minimum atomic E-state index is -1.01. The molecule has 0 bridgehead atoms. The van der Waals surface area contributed by atoms with Crippen LogP contribution in [-0.2, 0) is 15.9 Å². The van der Waals surface area contributed by atoms with Gasteiger partial charge in [-0.1, -0.05) is 44.0 Å². The van der Waals surface area contributed by atoms with Crippen molar-refractivity contribution in [1.82, 2.24) is 0 Å². The average molecular weight is 406 g/mol. The summed E-state index contributed by atoms with van der Waals surface area (Å²) in [7, 11) is 0. The molecule has 0 aromatic heterocycles. The molecule has 2 aromatic rings. The highest BCUT2D eigenvalue weighted by atomic mass is 19.2. The number of aryl methyl sites for hydroxylation is 1. The Labute approximate surface area is 171 Å². The van der Waals surface area contributed by atoms with Gasteiger partial charge in [0.2, 0.25) is 0 Å². The summed E-state index contributed by atoms with van der Waals surface area (Å²) < 4.78 is 55.3. The van der Waals surface area contributed by atoms with Gasteiger partial charge in [-0.05, 0) is 49.8 Å². The molecule has 0 amide bonds. The van der Waals surface area contributed by atoms with Crippen LogP contribution in [0.1, 0.15) is 63.0 Å². The molecule has 1 aliphatic rings. The molecule has 2 atom stereocenters. The number of benzene rings is 2. The van der Waals surface area contributed by atoms with Crippen LogP contribution in [0.25, 0.3) is 11.1 Å². The van der Waals surface area contributed by atoms with E-state index in [1.807, 2.05) is 6.92 Å². The summed E-state index contributed by atoms with van der Waals surface area (Å²) in [4.78, 5) is 0. The standard InChI is InChI=1S/C24H29F3O2/c1-3-5-6-7-16-8-10-19(21(25)14-16)20-12-11-18(23(26)24(20)27)17-9-13-22(28-4-2)29-15-17/h8,10-12,14,17,22H,3-7,9,13,15H2,1-2H3. The van der Waals surface area contributed by atoms with Gasteiger partial charge in [-0.25, -0.2) is 13.2 Å². The predicted octanol–water partition coefficient (Wildman–Crippen LogP) is 6.76. The summed E-state index contributed by atoms with van der Waals surface area (Å²) in [6.07, 6.45) is 4.95. The predicted molar refractivity (Wildman–Crippen MR) is 108 cm³/mol. The van der Waals surface area contributed by atoms with Crippen LogP contribution in [0, 0.1) is 17.5 Å². The van der Waals surface area contributed by atoms with E-state index >= 15 is 0 Å². The van der Waals surface area contributed by atoms with Crippen molar-refractivity contribution in [3.05, 3.63) is 58.9 Å². The topological polar surface area (TPSA) is 18.5 Å². The maximum atomic E-state index is 14.8. The van der Waals surface area contributed by atoms with Gasteiger partial charge in [0.15, 0.2) is 17.9 Å². The van der Waals surface area contributed by atoms with E-state index in [0.29, 0.717) is 19.4 Å². The lowest BCUT2D eigenvalue weighted by molar-refractivity contribution is -0.164. The zero-order valence-corrected chi connectivity index (χ0v) is 17.1. The van der Waals surface area contributed by atoms with Gasteiger partial charge in [-0.2, -0.15) is 0 Å². The normalized spacial score (nSPS) is 19.5. The first-order valence-electron chi connectivity index (χ1n) is 10.5. The van der Waals surface area contributed by atoms with Gasteiger partial charge in [0.25, 0.3) is 0 Å². The third-order valence-electron chi connectivity index (χ3n) is 5.53. The molecule has 0 N–H and O–H groups in total. The SMILES string of the molecule is CCCCCc1ccc(-c2ccc(C3CCC(OCC)OC3)c(F)c2F)c(F)c1. The lowest BCUT2D eigenvalue weighted by Crippen LogP contribution is -2.27. The molecular weight excluding hydrogens is 377 g/mol. The van der Waals surface area contributed by atoms with E-state index in [1.54, 1.807) is 18.2 Å². The van der Waals surface area contributed by atoms with Gasteiger partial charge < -0.3 is 9.47 Å². The molecule has 29 heavy (non-hydrogen) atoms. The quantitative estimate of drug-likeness (QED) is 0.451. The van der Waals surface area contributed by atoms with Gasteiger partial charge in [-0.15, -0.1) is 0 Å². The van der Waals surface area contributed by atoms with E-state index < -0.39 is 17.5 Å². The highest BCUT2D eigenvalue weighted by Crippen LogP contribution is 2.35. The molecule has 1 fully saturated rings. The van der Waals surface area contributed by atoms with Gasteiger partial charge in [0, 0.05) is 23.7 Å². The van der Waals surface area contributed by atoms with Crippen LogP contribution in [0.4, 0.5) is 13.2 Å². The highest BCUT2D eigenvalue weighted by Gasteiger charge is 2.27. The van der Waals surface area contributed by atoms with Crippen molar-refractivity contribution in [3.8, 4) is 11.1 Å². The van der Waals surface area contributed by atoms with Crippen molar-refractivity contribution >= 4 is 0 Å². The van der Waals surface area contributed by atoms with Crippen LogP contribution in [-0.4, -0.2) is 19.5 Å². The Morgan fingerprint density at radius 2 is 1.76 bits per heavy atom. The Morgan fingerprint density at radius 3 is 2.41 bits per heavy atom. The van der Waals surface area contributed by atoms with Gasteiger partial charge in [0.05, 0.1) is 6.61 Å². The lowest BCUT2D eigenvalue weighted by atomic mass is 9.90. The van der Waals surface area contributed by atoms with Crippen molar-refractivity contribution in [1.29, 1.82) is 0 Å². The van der Waals surface area contributed by atoms with E-state index in [2.05, 4.69) is 6.92 Å². The van der Waals surface area contributed by atoms with E-state index in [0.717, 1.165) is 31.2 Å². The number of halogens is 3. The Kier molecular flexibility index (Phi) is 7.73. The minimum absolute atomic E-state index is 0.0484. The highest BCUT2D eigenvalue weighted by molar-refractivity contribution is 5.66. The van der Waals surface area contributed by atoms with E-state index in [4.69, 9.17) is 9.47 Å². The Bertz CT molecular complexity index is 814. The summed E-state index contributed by atoms with van der Waals surface area (Å²) in [5.41, 5.74) is 1.19. The fourth-order valence-electron chi connectivity index (χ4n) is 3.89. The first-order chi connectivity index (χ1) is 14.0. The Morgan fingerprint density at radius 1 is 0.966 bits per heavy atom. The molecule has 5 heteroatoms. The number of hydrogen-bond acceptors (Lipinski definition) is 2. The maximum absolute atomic E-state index is 14.8. The molecule has 2 unspecified atom stereocenters. The second-order valence-corrected chi connectivity index (χ2v) is 7.59. The zero-order chi connectivity index (χ0) is 20.8. The smallest absolute Gasteiger partial charge is 0.167 e. The fraction of sp³-hybridized carbons (Fsp3) is 0.500. The first kappa shape index (κ1) is 21.8. The summed E-state index contributed by atoms with van der Waals surface area (Å²) in [5, 5.41) is 0. The zero-order valence-electron chi connectivity index (χ0n) is 17.1. The van der Waals surface area contributed by atoms with E-state index in [-0.39, 0.29) is 35.5 Å². The van der Waals surface area contributed by atoms with E-state index in [9.17, 15) is 13.2 Å². The minimum Gasteiger partial charge on any atom is -0.353 e. The molecular formula is C24H29F3O2. The number of ether oxygens (including phenoxy) is 2. The van der Waals surface area contributed by atoms with Crippen molar-refractivity contribution < 1.29 is 22.6 Å².